The molecule has 9 heteroatoms. The normalized spacial score (nSPS) is 15.4. The van der Waals surface area contributed by atoms with E-state index in [0.717, 1.165) is 5.56 Å². The van der Waals surface area contributed by atoms with Crippen molar-refractivity contribution in [2.45, 2.75) is 33.6 Å². The summed E-state index contributed by atoms with van der Waals surface area (Å²) in [5.74, 6) is -2.92. The van der Waals surface area contributed by atoms with Gasteiger partial charge in [-0.05, 0) is 43.0 Å². The number of anilines is 2. The molecule has 1 aliphatic rings. The van der Waals surface area contributed by atoms with Gasteiger partial charge < -0.3 is 20.5 Å². The molecule has 0 saturated heterocycles. The van der Waals surface area contributed by atoms with Crippen LogP contribution in [0.5, 0.6) is 0 Å². The number of nitrogens with two attached hydrogens (primary N) is 1. The van der Waals surface area contributed by atoms with E-state index in [4.69, 9.17) is 15.2 Å². The van der Waals surface area contributed by atoms with Crippen molar-refractivity contribution in [3.05, 3.63) is 81.3 Å². The maximum Gasteiger partial charge on any atom is 0.355 e. The second kappa shape index (κ2) is 10.4. The number of nitrogens with one attached hydrogen (secondary N) is 1. The standard InChI is InChI=1S/C27H28N4O5/c1-14-12-15(2)23(16(3)22(14)30-17(4)32)31-24(27(34)36-6)21(26(33)35-5)20(19(13-28)25(31)29)18-10-8-7-9-11-18/h7-12,20H,29H2,1-6H3,(H,30,32). The third-order valence-electron chi connectivity index (χ3n) is 6.07. The molecular formula is C27H28N4O5. The Labute approximate surface area is 209 Å². The van der Waals surface area contributed by atoms with Crippen LogP contribution >= 0.6 is 0 Å². The molecule has 1 aliphatic heterocycles. The highest BCUT2D eigenvalue weighted by atomic mass is 16.5. The van der Waals surface area contributed by atoms with Crippen LogP contribution in [0.25, 0.3) is 0 Å². The first-order valence-electron chi connectivity index (χ1n) is 11.1. The molecule has 0 aromatic heterocycles. The van der Waals surface area contributed by atoms with Crippen LogP contribution in [0.1, 0.15) is 35.1 Å². The highest BCUT2D eigenvalue weighted by Crippen LogP contribution is 2.46. The van der Waals surface area contributed by atoms with Gasteiger partial charge >= 0.3 is 11.9 Å². The Morgan fingerprint density at radius 1 is 1.03 bits per heavy atom. The van der Waals surface area contributed by atoms with Crippen LogP contribution in [0.15, 0.2) is 59.1 Å². The van der Waals surface area contributed by atoms with Gasteiger partial charge in [-0.15, -0.1) is 0 Å². The Balaban J connectivity index is 2.50. The van der Waals surface area contributed by atoms with Gasteiger partial charge in [0, 0.05) is 12.6 Å². The van der Waals surface area contributed by atoms with Crippen molar-refractivity contribution in [3.63, 3.8) is 0 Å². The van der Waals surface area contributed by atoms with E-state index in [2.05, 4.69) is 11.4 Å². The van der Waals surface area contributed by atoms with Crippen LogP contribution in [0.2, 0.25) is 0 Å². The smallest absolute Gasteiger partial charge is 0.355 e. The molecule has 1 atom stereocenters. The molecular weight excluding hydrogens is 460 g/mol. The zero-order valence-electron chi connectivity index (χ0n) is 21.1. The van der Waals surface area contributed by atoms with Gasteiger partial charge in [-0.2, -0.15) is 5.26 Å². The minimum Gasteiger partial charge on any atom is -0.466 e. The van der Waals surface area contributed by atoms with E-state index in [0.29, 0.717) is 28.1 Å². The summed E-state index contributed by atoms with van der Waals surface area (Å²) in [4.78, 5) is 39.8. The van der Waals surface area contributed by atoms with E-state index < -0.39 is 17.9 Å². The van der Waals surface area contributed by atoms with Crippen LogP contribution in [0, 0.1) is 32.1 Å². The van der Waals surface area contributed by atoms with E-state index in [9.17, 15) is 19.6 Å². The summed E-state index contributed by atoms with van der Waals surface area (Å²) in [6.07, 6.45) is 0. The molecule has 1 heterocycles. The number of amides is 1. The predicted octanol–water partition coefficient (Wildman–Crippen LogP) is 3.47. The fourth-order valence-corrected chi connectivity index (χ4v) is 4.63. The fourth-order valence-electron chi connectivity index (χ4n) is 4.63. The first-order chi connectivity index (χ1) is 17.1. The van der Waals surface area contributed by atoms with Crippen LogP contribution in [0.3, 0.4) is 0 Å². The summed E-state index contributed by atoms with van der Waals surface area (Å²) in [6.45, 7) is 6.80. The van der Waals surface area contributed by atoms with Gasteiger partial charge in [-0.1, -0.05) is 36.4 Å². The molecule has 2 aromatic carbocycles. The Hall–Kier alpha value is -4.58. The molecule has 3 N–H and O–H groups in total. The summed E-state index contributed by atoms with van der Waals surface area (Å²) < 4.78 is 10.2. The van der Waals surface area contributed by atoms with Crippen molar-refractivity contribution >= 4 is 29.2 Å². The molecule has 186 valence electrons. The van der Waals surface area contributed by atoms with E-state index >= 15 is 0 Å². The van der Waals surface area contributed by atoms with E-state index in [1.807, 2.05) is 19.9 Å². The number of rotatable bonds is 5. The average Bonchev–Trinajstić information content (AvgIpc) is 2.86. The summed E-state index contributed by atoms with van der Waals surface area (Å²) in [6, 6.07) is 12.7. The first-order valence-corrected chi connectivity index (χ1v) is 11.1. The molecule has 0 aliphatic carbocycles. The number of esters is 2. The largest absolute Gasteiger partial charge is 0.466 e. The number of hydrogen-bond donors (Lipinski definition) is 2. The molecule has 1 unspecified atom stereocenters. The van der Waals surface area contributed by atoms with Gasteiger partial charge in [0.1, 0.15) is 11.5 Å². The fraction of sp³-hybridized carbons (Fsp3) is 0.259. The molecule has 2 aromatic rings. The lowest BCUT2D eigenvalue weighted by molar-refractivity contribution is -0.139. The summed E-state index contributed by atoms with van der Waals surface area (Å²) in [7, 11) is 2.39. The summed E-state index contributed by atoms with van der Waals surface area (Å²) in [5, 5.41) is 13.0. The van der Waals surface area contributed by atoms with Gasteiger partial charge in [0.2, 0.25) is 5.91 Å². The number of methoxy groups -OCH3 is 2. The molecule has 1 amide bonds. The third-order valence-corrected chi connectivity index (χ3v) is 6.07. The molecule has 0 bridgehead atoms. The predicted molar refractivity (Wildman–Crippen MR) is 135 cm³/mol. The number of carbonyl (C=O) groups excluding carboxylic acids is 3. The van der Waals surface area contributed by atoms with Crippen molar-refractivity contribution in [2.75, 3.05) is 24.4 Å². The second-order valence-electron chi connectivity index (χ2n) is 8.38. The van der Waals surface area contributed by atoms with Gasteiger partial charge in [0.25, 0.3) is 0 Å². The molecule has 0 fully saturated rings. The van der Waals surface area contributed by atoms with Gasteiger partial charge in [0.15, 0.2) is 0 Å². The third kappa shape index (κ3) is 4.41. The topological polar surface area (TPSA) is 135 Å². The van der Waals surface area contributed by atoms with Crippen LogP contribution in [0.4, 0.5) is 11.4 Å². The van der Waals surface area contributed by atoms with Crippen molar-refractivity contribution in [1.82, 2.24) is 0 Å². The van der Waals surface area contributed by atoms with E-state index in [-0.39, 0.29) is 28.6 Å². The van der Waals surface area contributed by atoms with Crippen LogP contribution in [-0.2, 0) is 23.9 Å². The van der Waals surface area contributed by atoms with Crippen molar-refractivity contribution in [3.8, 4) is 6.07 Å². The lowest BCUT2D eigenvalue weighted by Crippen LogP contribution is -2.41. The molecule has 0 radical (unpaired) electrons. The number of allylic oxidation sites excluding steroid dienone is 1. The quantitative estimate of drug-likeness (QED) is 0.611. The number of carbonyl (C=O) groups is 3. The monoisotopic (exact) mass is 488 g/mol. The lowest BCUT2D eigenvalue weighted by Gasteiger charge is -2.37. The molecule has 0 spiro atoms. The number of hydrogen-bond acceptors (Lipinski definition) is 8. The minimum absolute atomic E-state index is 0.0387. The maximum absolute atomic E-state index is 13.3. The molecule has 36 heavy (non-hydrogen) atoms. The Morgan fingerprint density at radius 3 is 2.17 bits per heavy atom. The Kier molecular flexibility index (Phi) is 7.49. The van der Waals surface area contributed by atoms with Gasteiger partial charge in [-0.25, -0.2) is 9.59 Å². The van der Waals surface area contributed by atoms with E-state index in [1.165, 1.54) is 26.0 Å². The minimum atomic E-state index is -0.963. The number of nitriles is 1. The SMILES string of the molecule is COC(=O)C1=C(C(=O)OC)N(c2c(C)cc(C)c(NC(C)=O)c2C)C(N)=C(C#N)C1c1ccccc1. The molecule has 9 nitrogen and oxygen atoms in total. The number of benzene rings is 2. The molecule has 0 saturated carbocycles. The molecule has 3 rings (SSSR count). The first kappa shape index (κ1) is 26.0. The zero-order chi connectivity index (χ0) is 26.7. The Bertz CT molecular complexity index is 1350. The van der Waals surface area contributed by atoms with E-state index in [1.54, 1.807) is 37.3 Å². The highest BCUT2D eigenvalue weighted by molar-refractivity contribution is 6.07. The Morgan fingerprint density at radius 2 is 1.64 bits per heavy atom. The van der Waals surface area contributed by atoms with Crippen molar-refractivity contribution < 1.29 is 23.9 Å². The average molecular weight is 489 g/mol. The lowest BCUT2D eigenvalue weighted by atomic mass is 9.80. The van der Waals surface area contributed by atoms with Crippen LogP contribution < -0.4 is 16.0 Å². The van der Waals surface area contributed by atoms with Gasteiger partial charge in [-0.3, -0.25) is 9.69 Å². The van der Waals surface area contributed by atoms with Gasteiger partial charge in [0.05, 0.1) is 43.0 Å². The van der Waals surface area contributed by atoms with Crippen molar-refractivity contribution in [2.24, 2.45) is 5.73 Å². The zero-order valence-corrected chi connectivity index (χ0v) is 21.1. The van der Waals surface area contributed by atoms with Crippen molar-refractivity contribution in [1.29, 1.82) is 5.26 Å². The second-order valence-corrected chi connectivity index (χ2v) is 8.38. The number of ether oxygens (including phenoxy) is 2. The summed E-state index contributed by atoms with van der Waals surface area (Å²) in [5.41, 5.74) is 10.0. The maximum atomic E-state index is 13.3. The van der Waals surface area contributed by atoms with Crippen LogP contribution in [-0.4, -0.2) is 32.1 Å². The number of nitrogens with zero attached hydrogens (tertiary/aromatic N) is 2. The summed E-state index contributed by atoms with van der Waals surface area (Å²) >= 11 is 0. The number of aryl methyl sites for hydroxylation is 2. The highest BCUT2D eigenvalue weighted by Gasteiger charge is 2.43.